The van der Waals surface area contributed by atoms with Gasteiger partial charge in [0.2, 0.25) is 0 Å². The van der Waals surface area contributed by atoms with E-state index in [0.29, 0.717) is 11.4 Å². The number of hydrogen-bond donors (Lipinski definition) is 3. The summed E-state index contributed by atoms with van der Waals surface area (Å²) in [5.41, 5.74) is 5.78. The highest BCUT2D eigenvalue weighted by Crippen LogP contribution is 2.14. The zero-order valence-electron chi connectivity index (χ0n) is 12.2. The molecular formula is C13H17N5O3S. The highest BCUT2D eigenvalue weighted by Gasteiger charge is 2.14. The lowest BCUT2D eigenvalue weighted by Gasteiger charge is -2.09. The van der Waals surface area contributed by atoms with Gasteiger partial charge in [-0.15, -0.1) is 0 Å². The van der Waals surface area contributed by atoms with E-state index in [1.54, 1.807) is 0 Å². The summed E-state index contributed by atoms with van der Waals surface area (Å²) in [6.07, 6.45) is 0.0433. The lowest BCUT2D eigenvalue weighted by molar-refractivity contribution is 0.259. The van der Waals surface area contributed by atoms with Gasteiger partial charge in [-0.2, -0.15) is 18.8 Å². The van der Waals surface area contributed by atoms with Crippen LogP contribution < -0.4 is 15.9 Å². The number of nitriles is 1. The van der Waals surface area contributed by atoms with E-state index in [1.165, 1.54) is 24.3 Å². The van der Waals surface area contributed by atoms with Crippen molar-refractivity contribution in [2.24, 2.45) is 16.8 Å². The molecule has 22 heavy (non-hydrogen) atoms. The number of rotatable bonds is 6. The predicted octanol–water partition coefficient (Wildman–Crippen LogP) is 1.38. The molecule has 0 radical (unpaired) electrons. The topological polar surface area (TPSA) is 137 Å². The van der Waals surface area contributed by atoms with Gasteiger partial charge in [-0.05, 0) is 30.2 Å². The third kappa shape index (κ3) is 5.06. The molecule has 0 spiro atoms. The van der Waals surface area contributed by atoms with Crippen LogP contribution in [-0.4, -0.2) is 20.2 Å². The van der Waals surface area contributed by atoms with Gasteiger partial charge < -0.3 is 11.1 Å². The Bertz CT molecular complexity index is 702. The molecule has 1 aromatic rings. The molecular weight excluding hydrogens is 306 g/mol. The SMILES string of the molecule is CC(C)/C(CC#N)=N\NS(=O)(=O)c1ccc(NC(N)=O)cc1. The second-order valence-electron chi connectivity index (χ2n) is 4.70. The molecule has 0 fully saturated rings. The van der Waals surface area contributed by atoms with E-state index in [9.17, 15) is 13.2 Å². The van der Waals surface area contributed by atoms with Crippen molar-refractivity contribution in [2.45, 2.75) is 25.2 Å². The van der Waals surface area contributed by atoms with Gasteiger partial charge in [-0.25, -0.2) is 9.63 Å². The number of sulfonamides is 1. The molecule has 8 nitrogen and oxygen atoms in total. The van der Waals surface area contributed by atoms with Crippen LogP contribution in [0.25, 0.3) is 0 Å². The summed E-state index contributed by atoms with van der Waals surface area (Å²) in [7, 11) is -3.84. The minimum Gasteiger partial charge on any atom is -0.351 e. The van der Waals surface area contributed by atoms with Crippen LogP contribution in [0.3, 0.4) is 0 Å². The first-order valence-electron chi connectivity index (χ1n) is 6.38. The van der Waals surface area contributed by atoms with E-state index in [-0.39, 0.29) is 17.2 Å². The molecule has 2 amide bonds. The Kier molecular flexibility index (Phi) is 5.89. The molecule has 118 valence electrons. The van der Waals surface area contributed by atoms with Crippen molar-refractivity contribution in [1.29, 1.82) is 5.26 Å². The van der Waals surface area contributed by atoms with Gasteiger partial charge >= 0.3 is 6.03 Å². The van der Waals surface area contributed by atoms with E-state index in [1.807, 2.05) is 19.9 Å². The zero-order chi connectivity index (χ0) is 16.8. The number of nitrogens with two attached hydrogens (primary N) is 1. The Morgan fingerprint density at radius 1 is 1.36 bits per heavy atom. The van der Waals surface area contributed by atoms with Gasteiger partial charge in [-0.3, -0.25) is 0 Å². The number of carbonyl (C=O) groups is 1. The number of primary amides is 1. The predicted molar refractivity (Wildman–Crippen MR) is 82.5 cm³/mol. The van der Waals surface area contributed by atoms with Gasteiger partial charge in [0.1, 0.15) is 0 Å². The molecule has 0 unspecified atom stereocenters. The van der Waals surface area contributed by atoms with E-state index in [4.69, 9.17) is 11.0 Å². The third-order valence-corrected chi connectivity index (χ3v) is 3.89. The molecule has 0 aliphatic heterocycles. The van der Waals surface area contributed by atoms with E-state index in [2.05, 4.69) is 15.2 Å². The average Bonchev–Trinajstić information content (AvgIpc) is 2.43. The fourth-order valence-electron chi connectivity index (χ4n) is 1.48. The average molecular weight is 323 g/mol. The number of benzene rings is 1. The number of amides is 2. The number of urea groups is 1. The quantitative estimate of drug-likeness (QED) is 0.537. The maximum Gasteiger partial charge on any atom is 0.316 e. The molecule has 1 rings (SSSR count). The van der Waals surface area contributed by atoms with Gasteiger partial charge in [-0.1, -0.05) is 13.8 Å². The van der Waals surface area contributed by atoms with Crippen molar-refractivity contribution in [3.05, 3.63) is 24.3 Å². The summed E-state index contributed by atoms with van der Waals surface area (Å²) in [4.78, 5) is 12.8. The second kappa shape index (κ2) is 7.42. The Labute approximate surface area is 129 Å². The Morgan fingerprint density at radius 3 is 2.41 bits per heavy atom. The van der Waals surface area contributed by atoms with Crippen molar-refractivity contribution in [2.75, 3.05) is 5.32 Å². The van der Waals surface area contributed by atoms with Gasteiger partial charge in [0, 0.05) is 5.69 Å². The van der Waals surface area contributed by atoms with Crippen LogP contribution in [0.2, 0.25) is 0 Å². The number of hydrazone groups is 1. The highest BCUT2D eigenvalue weighted by atomic mass is 32.2. The summed E-state index contributed by atoms with van der Waals surface area (Å²) in [5, 5.41) is 14.8. The van der Waals surface area contributed by atoms with Crippen LogP contribution in [0.5, 0.6) is 0 Å². The molecule has 9 heteroatoms. The van der Waals surface area contributed by atoms with E-state index >= 15 is 0 Å². The van der Waals surface area contributed by atoms with Crippen molar-refractivity contribution < 1.29 is 13.2 Å². The largest absolute Gasteiger partial charge is 0.351 e. The van der Waals surface area contributed by atoms with Crippen LogP contribution in [-0.2, 0) is 10.0 Å². The summed E-state index contributed by atoms with van der Waals surface area (Å²) in [6.45, 7) is 3.63. The monoisotopic (exact) mass is 323 g/mol. The fraction of sp³-hybridized carbons (Fsp3) is 0.308. The summed E-state index contributed by atoms with van der Waals surface area (Å²) >= 11 is 0. The number of hydrogen-bond acceptors (Lipinski definition) is 5. The molecule has 0 saturated heterocycles. The first kappa shape index (κ1) is 17.5. The van der Waals surface area contributed by atoms with Crippen LogP contribution >= 0.6 is 0 Å². The molecule has 0 aliphatic carbocycles. The molecule has 0 aliphatic rings. The highest BCUT2D eigenvalue weighted by molar-refractivity contribution is 7.89. The summed E-state index contributed by atoms with van der Waals surface area (Å²) in [5.74, 6) is -0.0514. The lowest BCUT2D eigenvalue weighted by Crippen LogP contribution is -2.22. The number of anilines is 1. The molecule has 0 heterocycles. The van der Waals surface area contributed by atoms with Gasteiger partial charge in [0.25, 0.3) is 10.0 Å². The minimum atomic E-state index is -3.84. The van der Waals surface area contributed by atoms with Crippen molar-refractivity contribution in [3.63, 3.8) is 0 Å². The first-order chi connectivity index (χ1) is 10.3. The fourth-order valence-corrected chi connectivity index (χ4v) is 2.32. The van der Waals surface area contributed by atoms with E-state index < -0.39 is 16.1 Å². The maximum atomic E-state index is 12.1. The van der Waals surface area contributed by atoms with Gasteiger partial charge in [0.05, 0.1) is 23.1 Å². The van der Waals surface area contributed by atoms with Crippen LogP contribution in [0.15, 0.2) is 34.3 Å². The normalized spacial score (nSPS) is 11.8. The van der Waals surface area contributed by atoms with E-state index in [0.717, 1.165) is 0 Å². The van der Waals surface area contributed by atoms with Crippen molar-refractivity contribution in [1.82, 2.24) is 4.83 Å². The zero-order valence-corrected chi connectivity index (χ0v) is 13.0. The molecule has 0 atom stereocenters. The molecule has 1 aromatic carbocycles. The maximum absolute atomic E-state index is 12.1. The number of nitrogens with zero attached hydrogens (tertiary/aromatic N) is 2. The van der Waals surface area contributed by atoms with Gasteiger partial charge in [0.15, 0.2) is 0 Å². The standard InChI is InChI=1S/C13H17N5O3S/c1-9(2)12(7-8-14)17-18-22(20,21)11-5-3-10(4-6-11)16-13(15)19/h3-6,9,18H,7H2,1-2H3,(H3,15,16,19)/b17-12-. The minimum absolute atomic E-state index is 0.0219. The van der Waals surface area contributed by atoms with Crippen LogP contribution in [0, 0.1) is 17.2 Å². The third-order valence-electron chi connectivity index (χ3n) is 2.67. The Morgan fingerprint density at radius 2 is 1.95 bits per heavy atom. The summed E-state index contributed by atoms with van der Waals surface area (Å²) in [6, 6.07) is 6.62. The Hall–Kier alpha value is -2.60. The van der Waals surface area contributed by atoms with Crippen molar-refractivity contribution in [3.8, 4) is 6.07 Å². The summed E-state index contributed by atoms with van der Waals surface area (Å²) < 4.78 is 24.2. The second-order valence-corrected chi connectivity index (χ2v) is 6.36. The van der Waals surface area contributed by atoms with Crippen LogP contribution in [0.4, 0.5) is 10.5 Å². The molecule has 0 bridgehead atoms. The molecule has 0 saturated carbocycles. The lowest BCUT2D eigenvalue weighted by atomic mass is 10.1. The number of carbonyl (C=O) groups excluding carboxylic acids is 1. The number of nitrogens with one attached hydrogen (secondary N) is 2. The Balaban J connectivity index is 2.93. The van der Waals surface area contributed by atoms with Crippen LogP contribution in [0.1, 0.15) is 20.3 Å². The first-order valence-corrected chi connectivity index (χ1v) is 7.86. The molecule has 0 aromatic heterocycles. The van der Waals surface area contributed by atoms with Crippen molar-refractivity contribution >= 4 is 27.5 Å². The smallest absolute Gasteiger partial charge is 0.316 e. The molecule has 4 N–H and O–H groups in total.